The van der Waals surface area contributed by atoms with Crippen LogP contribution >= 0.6 is 22.9 Å². The number of amides is 6. The number of aromatic nitrogens is 3. The van der Waals surface area contributed by atoms with Crippen LogP contribution in [0, 0.1) is 13.8 Å². The van der Waals surface area contributed by atoms with Crippen LogP contribution in [-0.4, -0.2) is 125 Å². The third kappa shape index (κ3) is 11.4. The molecule has 2 fully saturated rings. The number of nitrogens with one attached hydrogen (secondary N) is 4. The van der Waals surface area contributed by atoms with Crippen LogP contribution in [0.5, 0.6) is 0 Å². The molecule has 3 aliphatic heterocycles. The van der Waals surface area contributed by atoms with E-state index in [0.29, 0.717) is 45.6 Å². The molecule has 4 N–H and O–H groups in total. The van der Waals surface area contributed by atoms with Gasteiger partial charge in [-0.3, -0.25) is 43.9 Å². The van der Waals surface area contributed by atoms with Crippen LogP contribution in [0.15, 0.2) is 48.7 Å². The van der Waals surface area contributed by atoms with E-state index in [0.717, 1.165) is 74.7 Å². The Balaban J connectivity index is 0.735. The van der Waals surface area contributed by atoms with Crippen molar-refractivity contribution in [2.75, 3.05) is 80.0 Å². The van der Waals surface area contributed by atoms with Gasteiger partial charge in [-0.05, 0) is 63.4 Å². The highest BCUT2D eigenvalue weighted by atomic mass is 35.5. The van der Waals surface area contributed by atoms with Gasteiger partial charge in [-0.2, -0.15) is 0 Å². The topological polar surface area (TPSA) is 217 Å². The van der Waals surface area contributed by atoms with E-state index in [1.165, 1.54) is 29.7 Å². The Hall–Kier alpha value is -5.86. The third-order valence-electron chi connectivity index (χ3n) is 10.8. The second-order valence-corrected chi connectivity index (χ2v) is 16.8. The molecule has 332 valence electrons. The maximum atomic E-state index is 13.2. The molecule has 0 aliphatic carbocycles. The van der Waals surface area contributed by atoms with Crippen LogP contribution in [0.2, 0.25) is 5.02 Å². The Labute approximate surface area is 373 Å². The fourth-order valence-corrected chi connectivity index (χ4v) is 8.56. The van der Waals surface area contributed by atoms with E-state index in [9.17, 15) is 28.8 Å². The molecule has 2 aromatic heterocycles. The maximum absolute atomic E-state index is 13.2. The first-order valence-corrected chi connectivity index (χ1v) is 22.1. The number of halogens is 1. The average Bonchev–Trinajstić information content (AvgIpc) is 3.83. The van der Waals surface area contributed by atoms with E-state index < -0.39 is 35.6 Å². The molecule has 2 aromatic carbocycles. The molecular weight excluding hydrogens is 852 g/mol. The molecule has 3 aliphatic rings. The number of nitrogens with zero attached hydrogens (tertiary/aromatic N) is 6. The van der Waals surface area contributed by atoms with Crippen molar-refractivity contribution in [3.8, 4) is 0 Å². The number of imide groups is 2. The van der Waals surface area contributed by atoms with Crippen molar-refractivity contribution in [3.05, 3.63) is 81.1 Å². The van der Waals surface area contributed by atoms with E-state index in [1.54, 1.807) is 12.1 Å². The molecule has 18 nitrogen and oxygen atoms in total. The van der Waals surface area contributed by atoms with E-state index in [1.807, 2.05) is 32.0 Å². The maximum Gasteiger partial charge on any atom is 0.267 e. The highest BCUT2D eigenvalue weighted by molar-refractivity contribution is 7.17. The van der Waals surface area contributed by atoms with Crippen molar-refractivity contribution >= 4 is 86.5 Å². The lowest BCUT2D eigenvalue weighted by atomic mass is 10.0. The summed E-state index contributed by atoms with van der Waals surface area (Å²) in [4.78, 5) is 95.4. The SMILES string of the molecule is Cc1nc(Nc2ncc(C(=O)Nc3c(C)cccc3Cl)s2)cc(N2CCN(CCCCCCOCCOCC(=O)Nc3cccc4c3C(=O)N(C3CCC(=O)NC3=O)C4=O)CC2)n1. The van der Waals surface area contributed by atoms with E-state index in [4.69, 9.17) is 26.1 Å². The number of rotatable bonds is 19. The van der Waals surface area contributed by atoms with E-state index in [-0.39, 0.29) is 48.8 Å². The number of thiazole rings is 1. The first-order chi connectivity index (χ1) is 30.4. The van der Waals surface area contributed by atoms with Gasteiger partial charge in [0, 0.05) is 45.3 Å². The number of carbonyl (C=O) groups excluding carboxylic acids is 6. The zero-order chi connectivity index (χ0) is 44.5. The first-order valence-electron chi connectivity index (χ1n) is 20.9. The Morgan fingerprint density at radius 1 is 0.905 bits per heavy atom. The number of para-hydroxylation sites is 1. The molecule has 6 amide bonds. The largest absolute Gasteiger partial charge is 0.379 e. The fourth-order valence-electron chi connectivity index (χ4n) is 7.57. The van der Waals surface area contributed by atoms with Crippen LogP contribution in [0.1, 0.15) is 80.3 Å². The van der Waals surface area contributed by atoms with Gasteiger partial charge in [0.1, 0.15) is 35.0 Å². The summed E-state index contributed by atoms with van der Waals surface area (Å²) in [5.74, 6) is -1.22. The molecule has 5 heterocycles. The molecule has 63 heavy (non-hydrogen) atoms. The van der Waals surface area contributed by atoms with Gasteiger partial charge in [0.25, 0.3) is 17.7 Å². The molecule has 0 radical (unpaired) electrons. The monoisotopic (exact) mass is 900 g/mol. The van der Waals surface area contributed by atoms with Crippen molar-refractivity contribution in [3.63, 3.8) is 0 Å². The molecule has 20 heteroatoms. The van der Waals surface area contributed by atoms with Gasteiger partial charge in [0.15, 0.2) is 5.13 Å². The van der Waals surface area contributed by atoms with Gasteiger partial charge in [-0.25, -0.2) is 15.0 Å². The lowest BCUT2D eigenvalue weighted by Crippen LogP contribution is -2.54. The quantitative estimate of drug-likeness (QED) is 0.0724. The van der Waals surface area contributed by atoms with Crippen molar-refractivity contribution in [1.29, 1.82) is 0 Å². The number of anilines is 5. The molecule has 0 saturated carbocycles. The summed E-state index contributed by atoms with van der Waals surface area (Å²) in [6, 6.07) is 10.8. The summed E-state index contributed by atoms with van der Waals surface area (Å²) in [6.45, 7) is 9.14. The van der Waals surface area contributed by atoms with Gasteiger partial charge in [0.05, 0.1) is 46.9 Å². The van der Waals surface area contributed by atoms with Crippen LogP contribution < -0.4 is 26.2 Å². The van der Waals surface area contributed by atoms with Gasteiger partial charge >= 0.3 is 0 Å². The summed E-state index contributed by atoms with van der Waals surface area (Å²) in [5, 5.41) is 11.9. The Morgan fingerprint density at radius 2 is 1.68 bits per heavy atom. The standard InChI is InChI=1S/C43H49ClN10O8S/c1-26-9-7-11-29(44)38(26)51-40(58)32-24-45-43(63-32)49-33-23-34(47-27(2)46-33)53-18-16-52(17-19-53)15-5-3-4-6-20-61-21-22-62-25-36(56)48-30-12-8-10-28-37(30)42(60)54(41(28)59)31-13-14-35(55)50-39(31)57/h7-12,23-24,31H,3-6,13-22,25H2,1-2H3,(H,48,56)(H,51,58)(H,50,55,57)(H,45,46,47,49). The minimum absolute atomic E-state index is 0.00304. The molecule has 4 aromatic rings. The Kier molecular flexibility index (Phi) is 15.1. The van der Waals surface area contributed by atoms with Crippen molar-refractivity contribution in [2.24, 2.45) is 0 Å². The van der Waals surface area contributed by atoms with Gasteiger partial charge in [0.2, 0.25) is 17.7 Å². The van der Waals surface area contributed by atoms with Crippen molar-refractivity contribution in [2.45, 2.75) is 58.4 Å². The number of piperidine rings is 1. The minimum Gasteiger partial charge on any atom is -0.379 e. The minimum atomic E-state index is -1.10. The molecule has 0 spiro atoms. The Morgan fingerprint density at radius 3 is 2.48 bits per heavy atom. The zero-order valence-corrected chi connectivity index (χ0v) is 36.6. The first kappa shape index (κ1) is 45.2. The number of unbranched alkanes of at least 4 members (excludes halogenated alkanes) is 3. The molecule has 1 unspecified atom stereocenters. The lowest BCUT2D eigenvalue weighted by Gasteiger charge is -2.35. The second kappa shape index (κ2) is 21.0. The van der Waals surface area contributed by atoms with E-state index >= 15 is 0 Å². The summed E-state index contributed by atoms with van der Waals surface area (Å²) in [5.41, 5.74) is 1.68. The third-order valence-corrected chi connectivity index (χ3v) is 12.0. The molecule has 2 saturated heterocycles. The number of fused-ring (bicyclic) bond motifs is 1. The van der Waals surface area contributed by atoms with Gasteiger partial charge in [-0.1, -0.05) is 54.0 Å². The predicted octanol–water partition coefficient (Wildman–Crippen LogP) is 4.95. The molecule has 7 rings (SSSR count). The fraction of sp³-hybridized carbons (Fsp3) is 0.419. The molecule has 1 atom stereocenters. The molecular formula is C43H49ClN10O8S. The number of benzene rings is 2. The lowest BCUT2D eigenvalue weighted by molar-refractivity contribution is -0.136. The number of aryl methyl sites for hydroxylation is 2. The summed E-state index contributed by atoms with van der Waals surface area (Å²) in [7, 11) is 0. The summed E-state index contributed by atoms with van der Waals surface area (Å²) >= 11 is 7.52. The number of piperazine rings is 1. The van der Waals surface area contributed by atoms with Crippen LogP contribution in [-0.2, 0) is 23.9 Å². The predicted molar refractivity (Wildman–Crippen MR) is 237 cm³/mol. The number of ether oxygens (including phenoxy) is 2. The number of carbonyl (C=O) groups is 6. The van der Waals surface area contributed by atoms with Gasteiger partial charge in [-0.15, -0.1) is 0 Å². The van der Waals surface area contributed by atoms with Crippen LogP contribution in [0.4, 0.5) is 28.1 Å². The Bertz CT molecular complexity index is 2350. The highest BCUT2D eigenvalue weighted by Gasteiger charge is 2.45. The van der Waals surface area contributed by atoms with Crippen LogP contribution in [0.3, 0.4) is 0 Å². The zero-order valence-electron chi connectivity index (χ0n) is 35.0. The summed E-state index contributed by atoms with van der Waals surface area (Å²) < 4.78 is 11.2. The van der Waals surface area contributed by atoms with Gasteiger partial charge < -0.3 is 30.3 Å². The average molecular weight is 901 g/mol. The van der Waals surface area contributed by atoms with Crippen LogP contribution in [0.25, 0.3) is 0 Å². The highest BCUT2D eigenvalue weighted by Crippen LogP contribution is 2.33. The second-order valence-electron chi connectivity index (χ2n) is 15.3. The summed E-state index contributed by atoms with van der Waals surface area (Å²) in [6.07, 6.45) is 5.71. The van der Waals surface area contributed by atoms with Crippen molar-refractivity contribution < 1.29 is 38.2 Å². The number of hydrogen-bond donors (Lipinski definition) is 4. The smallest absolute Gasteiger partial charge is 0.267 e. The van der Waals surface area contributed by atoms with E-state index in [2.05, 4.69) is 41.0 Å². The van der Waals surface area contributed by atoms with Crippen molar-refractivity contribution in [1.82, 2.24) is 30.1 Å². The normalized spacial score (nSPS) is 16.6. The number of hydrogen-bond acceptors (Lipinski definition) is 15. The molecule has 0 bridgehead atoms.